The van der Waals surface area contributed by atoms with Crippen molar-refractivity contribution in [2.75, 3.05) is 11.9 Å². The van der Waals surface area contributed by atoms with Gasteiger partial charge in [0.05, 0.1) is 17.8 Å². The summed E-state index contributed by atoms with van der Waals surface area (Å²) in [7, 11) is 0. The number of carbonyl (C=O) groups excluding carboxylic acids is 1. The highest BCUT2D eigenvalue weighted by molar-refractivity contribution is 5.99. The van der Waals surface area contributed by atoms with Gasteiger partial charge in [0.25, 0.3) is 5.91 Å². The molecule has 92 valence electrons. The lowest BCUT2D eigenvalue weighted by Crippen LogP contribution is -2.24. The first-order chi connectivity index (χ1) is 9.22. The van der Waals surface area contributed by atoms with E-state index in [-0.39, 0.29) is 18.0 Å². The van der Waals surface area contributed by atoms with Crippen LogP contribution in [0.4, 0.5) is 5.69 Å². The molecule has 0 bridgehead atoms. The minimum absolute atomic E-state index is 0.0844. The topological polar surface area (TPSA) is 88.7 Å². The lowest BCUT2D eigenvalue weighted by atomic mass is 10.1. The Morgan fingerprint density at radius 1 is 1.32 bits per heavy atom. The number of allylic oxidation sites excluding steroid dienone is 1. The molecule has 0 aromatic heterocycles. The minimum atomic E-state index is -0.329. The fourth-order valence-corrected chi connectivity index (χ4v) is 1.27. The number of hydrogen-bond acceptors (Lipinski definition) is 4. The van der Waals surface area contributed by atoms with Gasteiger partial charge in [-0.15, -0.1) is 6.42 Å². The average Bonchev–Trinajstić information content (AvgIpc) is 2.46. The number of nitriles is 2. The van der Waals surface area contributed by atoms with E-state index in [2.05, 4.69) is 16.6 Å². The van der Waals surface area contributed by atoms with Gasteiger partial charge >= 0.3 is 0 Å². The molecule has 0 aliphatic carbocycles. The fraction of sp³-hybridized carbons (Fsp3) is 0.0714. The van der Waals surface area contributed by atoms with Crippen LogP contribution in [-0.2, 0) is 0 Å². The Hall–Kier alpha value is -3.23. The van der Waals surface area contributed by atoms with E-state index < -0.39 is 0 Å². The summed E-state index contributed by atoms with van der Waals surface area (Å²) < 4.78 is 0. The van der Waals surface area contributed by atoms with Crippen LogP contribution in [0.25, 0.3) is 0 Å². The number of para-hydroxylation sites is 1. The first-order valence-corrected chi connectivity index (χ1v) is 5.30. The number of carbonyl (C=O) groups is 1. The molecule has 1 rings (SSSR count). The van der Waals surface area contributed by atoms with Crippen molar-refractivity contribution in [1.29, 1.82) is 10.5 Å². The third-order valence-electron chi connectivity index (χ3n) is 2.14. The second kappa shape index (κ2) is 7.17. The highest BCUT2D eigenvalue weighted by Gasteiger charge is 2.09. The van der Waals surface area contributed by atoms with Gasteiger partial charge in [-0.1, -0.05) is 18.1 Å². The Morgan fingerprint density at radius 2 is 2.00 bits per heavy atom. The van der Waals surface area contributed by atoms with Crippen LogP contribution in [0.5, 0.6) is 0 Å². The summed E-state index contributed by atoms with van der Waals surface area (Å²) in [6.45, 7) is 0.130. The van der Waals surface area contributed by atoms with Gasteiger partial charge in [0.15, 0.2) is 0 Å². The molecular weight excluding hydrogens is 240 g/mol. The summed E-state index contributed by atoms with van der Waals surface area (Å²) in [6, 6.07) is 10.1. The lowest BCUT2D eigenvalue weighted by Gasteiger charge is -2.08. The van der Waals surface area contributed by atoms with Crippen molar-refractivity contribution in [2.24, 2.45) is 0 Å². The zero-order valence-electron chi connectivity index (χ0n) is 9.97. The molecule has 0 fully saturated rings. The van der Waals surface area contributed by atoms with Gasteiger partial charge in [-0.2, -0.15) is 10.5 Å². The maximum absolute atomic E-state index is 11.8. The van der Waals surface area contributed by atoms with Crippen LogP contribution in [0, 0.1) is 35.0 Å². The molecule has 0 radical (unpaired) electrons. The van der Waals surface area contributed by atoms with Crippen LogP contribution in [0.15, 0.2) is 36.0 Å². The van der Waals surface area contributed by atoms with Gasteiger partial charge in [0, 0.05) is 6.20 Å². The van der Waals surface area contributed by atoms with Crippen LogP contribution in [-0.4, -0.2) is 12.5 Å². The molecule has 0 spiro atoms. The number of anilines is 1. The first-order valence-electron chi connectivity index (χ1n) is 5.30. The van der Waals surface area contributed by atoms with Crippen LogP contribution < -0.4 is 10.6 Å². The lowest BCUT2D eigenvalue weighted by molar-refractivity contribution is 0.0959. The monoisotopic (exact) mass is 250 g/mol. The quantitative estimate of drug-likeness (QED) is 0.624. The second-order valence-corrected chi connectivity index (χ2v) is 3.36. The Balaban J connectivity index is 2.95. The molecule has 0 aliphatic heterocycles. The smallest absolute Gasteiger partial charge is 0.254 e. The maximum atomic E-state index is 11.8. The molecule has 5 heteroatoms. The molecule has 0 saturated carbocycles. The van der Waals surface area contributed by atoms with Crippen molar-refractivity contribution >= 4 is 11.6 Å². The van der Waals surface area contributed by atoms with Crippen LogP contribution in [0.1, 0.15) is 10.4 Å². The van der Waals surface area contributed by atoms with Gasteiger partial charge in [-0.25, -0.2) is 0 Å². The van der Waals surface area contributed by atoms with E-state index in [9.17, 15) is 4.79 Å². The molecule has 0 unspecified atom stereocenters. The van der Waals surface area contributed by atoms with E-state index in [1.54, 1.807) is 36.4 Å². The first kappa shape index (κ1) is 13.8. The Bertz CT molecular complexity index is 610. The van der Waals surface area contributed by atoms with Gasteiger partial charge in [0.1, 0.15) is 17.7 Å². The largest absolute Gasteiger partial charge is 0.359 e. The van der Waals surface area contributed by atoms with Crippen molar-refractivity contribution < 1.29 is 4.79 Å². The van der Waals surface area contributed by atoms with Crippen molar-refractivity contribution in [3.05, 3.63) is 41.6 Å². The predicted molar refractivity (Wildman–Crippen MR) is 70.5 cm³/mol. The molecule has 0 saturated heterocycles. The number of nitrogens with one attached hydrogen (secondary N) is 2. The third kappa shape index (κ3) is 3.93. The van der Waals surface area contributed by atoms with Gasteiger partial charge in [-0.3, -0.25) is 4.79 Å². The van der Waals surface area contributed by atoms with E-state index in [0.717, 1.165) is 0 Å². The van der Waals surface area contributed by atoms with Gasteiger partial charge in [0.2, 0.25) is 0 Å². The Morgan fingerprint density at radius 3 is 2.63 bits per heavy atom. The number of rotatable bonds is 4. The molecule has 2 N–H and O–H groups in total. The third-order valence-corrected chi connectivity index (χ3v) is 2.14. The Kier molecular flexibility index (Phi) is 5.22. The van der Waals surface area contributed by atoms with Crippen molar-refractivity contribution in [1.82, 2.24) is 5.32 Å². The Labute approximate surface area is 111 Å². The van der Waals surface area contributed by atoms with Crippen LogP contribution in [0.3, 0.4) is 0 Å². The normalized spacial score (nSPS) is 8.26. The number of nitrogens with zero attached hydrogens (tertiary/aromatic N) is 2. The zero-order valence-corrected chi connectivity index (χ0v) is 9.97. The molecule has 0 aliphatic rings. The number of hydrogen-bond donors (Lipinski definition) is 2. The zero-order chi connectivity index (χ0) is 14.1. The highest BCUT2D eigenvalue weighted by atomic mass is 16.1. The van der Waals surface area contributed by atoms with Gasteiger partial charge < -0.3 is 10.6 Å². The van der Waals surface area contributed by atoms with E-state index in [1.807, 2.05) is 0 Å². The number of benzene rings is 1. The molecule has 19 heavy (non-hydrogen) atoms. The number of terminal acetylenes is 1. The summed E-state index contributed by atoms with van der Waals surface area (Å²) in [6.07, 6.45) is 6.31. The molecule has 1 amide bonds. The summed E-state index contributed by atoms with van der Waals surface area (Å²) in [5.74, 6) is 1.98. The predicted octanol–water partition coefficient (Wildman–Crippen LogP) is 1.39. The van der Waals surface area contributed by atoms with E-state index >= 15 is 0 Å². The average molecular weight is 250 g/mol. The van der Waals surface area contributed by atoms with E-state index in [1.165, 1.54) is 6.20 Å². The van der Waals surface area contributed by atoms with Crippen molar-refractivity contribution in [2.45, 2.75) is 0 Å². The van der Waals surface area contributed by atoms with E-state index in [4.69, 9.17) is 16.9 Å². The molecule has 0 atom stereocenters. The summed E-state index contributed by atoms with van der Waals surface area (Å²) in [5, 5.41) is 22.5. The van der Waals surface area contributed by atoms with Crippen molar-refractivity contribution in [3.63, 3.8) is 0 Å². The molecular formula is C14H10N4O. The summed E-state index contributed by atoms with van der Waals surface area (Å²) >= 11 is 0. The van der Waals surface area contributed by atoms with Crippen LogP contribution >= 0.6 is 0 Å². The van der Waals surface area contributed by atoms with Gasteiger partial charge in [-0.05, 0) is 12.1 Å². The fourth-order valence-electron chi connectivity index (χ4n) is 1.27. The second-order valence-electron chi connectivity index (χ2n) is 3.36. The summed E-state index contributed by atoms with van der Waals surface area (Å²) in [4.78, 5) is 11.8. The SMILES string of the molecule is C#CCNC(=O)c1ccccc1NC=C(C#N)C#N. The van der Waals surface area contributed by atoms with E-state index in [0.29, 0.717) is 11.3 Å². The molecule has 0 heterocycles. The standard InChI is InChI=1S/C14H10N4O/c1-2-7-17-14(19)12-5-3-4-6-13(12)18-10-11(8-15)9-16/h1,3-6,10,18H,7H2,(H,17,19). The van der Waals surface area contributed by atoms with Crippen molar-refractivity contribution in [3.8, 4) is 24.5 Å². The highest BCUT2D eigenvalue weighted by Crippen LogP contribution is 2.15. The van der Waals surface area contributed by atoms with Crippen LogP contribution in [0.2, 0.25) is 0 Å². The minimum Gasteiger partial charge on any atom is -0.359 e. The molecule has 1 aromatic rings. The number of amides is 1. The molecule has 1 aromatic carbocycles. The maximum Gasteiger partial charge on any atom is 0.254 e. The molecule has 5 nitrogen and oxygen atoms in total. The summed E-state index contributed by atoms with van der Waals surface area (Å²) in [5.41, 5.74) is 0.781.